The molecule has 6 rings (SSSR count). The van der Waals surface area contributed by atoms with Crippen molar-refractivity contribution in [1.29, 1.82) is 0 Å². The van der Waals surface area contributed by atoms with E-state index in [1.54, 1.807) is 12.1 Å². The maximum atomic E-state index is 14.4. The number of fused-ring (bicyclic) bond motifs is 2. The first-order valence-electron chi connectivity index (χ1n) is 15.8. The fourth-order valence-electron chi connectivity index (χ4n) is 6.45. The summed E-state index contributed by atoms with van der Waals surface area (Å²) in [6.45, 7) is 6.03. The van der Waals surface area contributed by atoms with E-state index in [1.807, 2.05) is 55.1 Å². The maximum Gasteiger partial charge on any atom is 0.408 e. The van der Waals surface area contributed by atoms with Crippen LogP contribution < -0.4 is 14.8 Å². The maximum absolute atomic E-state index is 14.4. The van der Waals surface area contributed by atoms with Crippen LogP contribution in [0.2, 0.25) is 5.02 Å². The number of ether oxygens (including phenoxy) is 2. The molecule has 2 aliphatic heterocycles. The molecule has 2 fully saturated rings. The number of benzene rings is 3. The number of halogens is 2. The molecule has 46 heavy (non-hydrogen) atoms. The van der Waals surface area contributed by atoms with Crippen molar-refractivity contribution in [3.8, 4) is 11.5 Å². The normalized spacial score (nSPS) is 19.2. The van der Waals surface area contributed by atoms with Crippen LogP contribution in [0.1, 0.15) is 41.5 Å². The number of carbonyl (C=O) groups excluding carboxylic acids is 1. The van der Waals surface area contributed by atoms with Gasteiger partial charge in [-0.2, -0.15) is 0 Å². The Morgan fingerprint density at radius 1 is 1.00 bits per heavy atom. The minimum Gasteiger partial charge on any atom is -0.490 e. The van der Waals surface area contributed by atoms with Crippen molar-refractivity contribution in [2.24, 2.45) is 0 Å². The van der Waals surface area contributed by atoms with Crippen LogP contribution in [0.4, 0.5) is 9.18 Å². The van der Waals surface area contributed by atoms with Crippen LogP contribution in [0.5, 0.6) is 11.5 Å². The van der Waals surface area contributed by atoms with Crippen LogP contribution >= 0.6 is 11.6 Å². The van der Waals surface area contributed by atoms with Crippen LogP contribution in [0.15, 0.2) is 66.2 Å². The Hall–Kier alpha value is -4.08. The van der Waals surface area contributed by atoms with Gasteiger partial charge in [-0.3, -0.25) is 9.69 Å². The molecule has 10 heteroatoms. The first-order chi connectivity index (χ1) is 22.2. The number of aryl methyl sites for hydroxylation is 2. The zero-order valence-electron chi connectivity index (χ0n) is 26.1. The van der Waals surface area contributed by atoms with Crippen molar-refractivity contribution >= 4 is 29.2 Å². The van der Waals surface area contributed by atoms with Gasteiger partial charge in [-0.15, -0.1) is 0 Å². The first-order valence-corrected chi connectivity index (χ1v) is 16.2. The van der Waals surface area contributed by atoms with Crippen LogP contribution in [0, 0.1) is 19.7 Å². The van der Waals surface area contributed by atoms with Crippen molar-refractivity contribution in [1.82, 2.24) is 15.1 Å². The second-order valence-corrected chi connectivity index (χ2v) is 12.7. The number of hydrogen-bond acceptors (Lipinski definition) is 5. The molecule has 3 aromatic carbocycles. The number of carboxylic acid groups (broad SMARTS) is 1. The molecule has 242 valence electrons. The molecule has 2 atom stereocenters. The molecule has 2 bridgehead atoms. The third kappa shape index (κ3) is 7.00. The van der Waals surface area contributed by atoms with Gasteiger partial charge in [0, 0.05) is 31.2 Å². The average Bonchev–Trinajstić information content (AvgIpc) is 3.88. The second kappa shape index (κ2) is 13.7. The molecule has 1 saturated heterocycles. The van der Waals surface area contributed by atoms with E-state index in [0.717, 1.165) is 40.7 Å². The smallest absolute Gasteiger partial charge is 0.408 e. The van der Waals surface area contributed by atoms with Gasteiger partial charge < -0.3 is 24.8 Å². The summed E-state index contributed by atoms with van der Waals surface area (Å²) in [7, 11) is 0. The van der Waals surface area contributed by atoms with Gasteiger partial charge in [0.1, 0.15) is 30.5 Å². The molecule has 0 aromatic heterocycles. The van der Waals surface area contributed by atoms with E-state index in [4.69, 9.17) is 21.1 Å². The summed E-state index contributed by atoms with van der Waals surface area (Å²) in [6.07, 6.45) is 1.83. The molecule has 8 nitrogen and oxygen atoms in total. The molecule has 2 heterocycles. The minimum atomic E-state index is -1.02. The molecule has 1 saturated carbocycles. The fraction of sp³-hybridized carbons (Fsp3) is 0.389. The van der Waals surface area contributed by atoms with E-state index in [0.29, 0.717) is 67.8 Å². The molecule has 0 radical (unpaired) electrons. The molecule has 0 spiro atoms. The fourth-order valence-corrected chi connectivity index (χ4v) is 6.72. The molecule has 2 amide bonds. The molecule has 3 aromatic rings. The van der Waals surface area contributed by atoms with Crippen LogP contribution in [-0.2, 0) is 11.2 Å². The summed E-state index contributed by atoms with van der Waals surface area (Å²) in [6, 6.07) is 17.0. The molecular formula is C36H39ClFN3O5. The zero-order chi connectivity index (χ0) is 32.4. The predicted molar refractivity (Wildman–Crippen MR) is 175 cm³/mol. The number of rotatable bonds is 11. The Labute approximate surface area is 273 Å². The van der Waals surface area contributed by atoms with Gasteiger partial charge in [0.15, 0.2) is 0 Å². The summed E-state index contributed by atoms with van der Waals surface area (Å²) in [5.41, 5.74) is 5.44. The van der Waals surface area contributed by atoms with Gasteiger partial charge in [-0.05, 0) is 104 Å². The zero-order valence-corrected chi connectivity index (χ0v) is 26.9. The molecule has 3 aliphatic rings. The van der Waals surface area contributed by atoms with Gasteiger partial charge >= 0.3 is 6.09 Å². The van der Waals surface area contributed by atoms with Gasteiger partial charge in [0.05, 0.1) is 17.1 Å². The second-order valence-electron chi connectivity index (χ2n) is 12.3. The SMILES string of the molecule is Cc1cc(Cl)c(OCCOc2ccc(C3=C(C(=O)N(CCc4ccc(F)cc4)C4CC4)[C@H]4CNC[C@@H](C3)N4C(=O)O)cc2)cc1C. The van der Waals surface area contributed by atoms with Gasteiger partial charge in [0.25, 0.3) is 5.91 Å². The Morgan fingerprint density at radius 3 is 2.39 bits per heavy atom. The van der Waals surface area contributed by atoms with Crippen molar-refractivity contribution in [2.75, 3.05) is 32.8 Å². The highest BCUT2D eigenvalue weighted by molar-refractivity contribution is 6.32. The highest BCUT2D eigenvalue weighted by Gasteiger charge is 2.46. The molecule has 1 aliphatic carbocycles. The van der Waals surface area contributed by atoms with Gasteiger partial charge in [-0.1, -0.05) is 35.9 Å². The van der Waals surface area contributed by atoms with Gasteiger partial charge in [0.2, 0.25) is 0 Å². The lowest BCUT2D eigenvalue weighted by atomic mass is 9.82. The quantitative estimate of drug-likeness (QED) is 0.239. The van der Waals surface area contributed by atoms with E-state index in [-0.39, 0.29) is 23.8 Å². The van der Waals surface area contributed by atoms with E-state index in [2.05, 4.69) is 5.32 Å². The highest BCUT2D eigenvalue weighted by atomic mass is 35.5. The van der Waals surface area contributed by atoms with Gasteiger partial charge in [-0.25, -0.2) is 9.18 Å². The standard InChI is InChI=1S/C36H39ClFN3O5/c1-22-17-31(37)33(18-23(22)2)46-16-15-45-29-11-5-25(6-12-29)30-19-28-20-39-21-32(41(28)36(43)44)34(30)35(42)40(27-9-10-27)14-13-24-3-7-26(38)8-4-24/h3-8,11-12,17-18,27-28,32,39H,9-10,13-16,19-21H2,1-2H3,(H,43,44)/t28-,32-/m1/s1. The Morgan fingerprint density at radius 2 is 1.70 bits per heavy atom. The van der Waals surface area contributed by atoms with E-state index >= 15 is 0 Å². The largest absolute Gasteiger partial charge is 0.490 e. The lowest BCUT2D eigenvalue weighted by Gasteiger charge is -2.47. The molecule has 0 unspecified atom stereocenters. The minimum absolute atomic E-state index is 0.117. The third-order valence-electron chi connectivity index (χ3n) is 9.16. The lowest BCUT2D eigenvalue weighted by molar-refractivity contribution is -0.128. The van der Waals surface area contributed by atoms with E-state index in [9.17, 15) is 19.1 Å². The van der Waals surface area contributed by atoms with E-state index < -0.39 is 12.1 Å². The number of carbonyl (C=O) groups is 2. The number of amides is 2. The third-order valence-corrected chi connectivity index (χ3v) is 9.46. The number of piperazine rings is 1. The highest BCUT2D eigenvalue weighted by Crippen LogP contribution is 2.40. The number of nitrogens with one attached hydrogen (secondary N) is 1. The van der Waals surface area contributed by atoms with E-state index in [1.165, 1.54) is 17.0 Å². The summed E-state index contributed by atoms with van der Waals surface area (Å²) in [5.74, 6) is 0.866. The lowest BCUT2D eigenvalue weighted by Crippen LogP contribution is -2.63. The Balaban J connectivity index is 1.21. The van der Waals surface area contributed by atoms with Crippen LogP contribution in [0.25, 0.3) is 5.57 Å². The first kappa shape index (κ1) is 31.9. The Kier molecular flexibility index (Phi) is 9.52. The van der Waals surface area contributed by atoms with Crippen molar-refractivity contribution in [2.45, 2.75) is 57.7 Å². The number of hydrogen-bond donors (Lipinski definition) is 2. The average molecular weight is 648 g/mol. The molecule has 2 N–H and O–H groups in total. The summed E-state index contributed by atoms with van der Waals surface area (Å²) in [4.78, 5) is 30.2. The van der Waals surface area contributed by atoms with Crippen LogP contribution in [-0.4, -0.2) is 77.9 Å². The molecular weight excluding hydrogens is 609 g/mol. The monoisotopic (exact) mass is 647 g/mol. The van der Waals surface area contributed by atoms with Crippen molar-refractivity contribution in [3.63, 3.8) is 0 Å². The number of nitrogens with zero attached hydrogens (tertiary/aromatic N) is 2. The van der Waals surface area contributed by atoms with Crippen LogP contribution in [0.3, 0.4) is 0 Å². The Bertz CT molecular complexity index is 1620. The topological polar surface area (TPSA) is 91.3 Å². The predicted octanol–water partition coefficient (Wildman–Crippen LogP) is 6.27. The summed E-state index contributed by atoms with van der Waals surface area (Å²) >= 11 is 6.33. The summed E-state index contributed by atoms with van der Waals surface area (Å²) < 4.78 is 25.3. The van der Waals surface area contributed by atoms with Crippen molar-refractivity contribution in [3.05, 3.63) is 99.3 Å². The summed E-state index contributed by atoms with van der Waals surface area (Å²) in [5, 5.41) is 14.1. The van der Waals surface area contributed by atoms with Crippen molar-refractivity contribution < 1.29 is 28.6 Å².